The molecule has 1 aliphatic heterocycles. The fourth-order valence-electron chi connectivity index (χ4n) is 3.64. The van der Waals surface area contributed by atoms with E-state index < -0.39 is 47.3 Å². The zero-order valence-corrected chi connectivity index (χ0v) is 19.3. The van der Waals surface area contributed by atoms with Crippen LogP contribution in [0.5, 0.6) is 0 Å². The van der Waals surface area contributed by atoms with Crippen molar-refractivity contribution in [3.63, 3.8) is 0 Å². The summed E-state index contributed by atoms with van der Waals surface area (Å²) in [7, 11) is 0. The first-order valence-electron chi connectivity index (χ1n) is 10.7. The van der Waals surface area contributed by atoms with Crippen molar-refractivity contribution in [1.82, 2.24) is 9.55 Å². The number of halogens is 3. The Labute approximate surface area is 203 Å². The molecule has 11 heteroatoms. The SMILES string of the molecule is Cc1ccc(C(=O)OC[C@@H]2O[C@H](n3cc(F)c(=O)[nH]c3=O)CC2OCc2ccc(Cl)cc2F)cc1. The molecule has 3 atom stereocenters. The van der Waals surface area contributed by atoms with E-state index in [1.54, 1.807) is 24.3 Å². The number of hydrogen-bond donors (Lipinski definition) is 1. The summed E-state index contributed by atoms with van der Waals surface area (Å²) in [4.78, 5) is 37.9. The van der Waals surface area contributed by atoms with Gasteiger partial charge in [-0.2, -0.15) is 4.39 Å². The Morgan fingerprint density at radius 2 is 1.91 bits per heavy atom. The number of H-pyrrole nitrogens is 1. The summed E-state index contributed by atoms with van der Waals surface area (Å²) in [5, 5.41) is 0.232. The number of benzene rings is 2. The van der Waals surface area contributed by atoms with Crippen LogP contribution in [0.15, 0.2) is 58.3 Å². The molecule has 1 unspecified atom stereocenters. The largest absolute Gasteiger partial charge is 0.459 e. The van der Waals surface area contributed by atoms with Crippen LogP contribution in [0.2, 0.25) is 5.02 Å². The van der Waals surface area contributed by atoms with E-state index in [2.05, 4.69) is 0 Å². The van der Waals surface area contributed by atoms with E-state index in [1.165, 1.54) is 12.1 Å². The van der Waals surface area contributed by atoms with Gasteiger partial charge in [-0.25, -0.2) is 14.0 Å². The lowest BCUT2D eigenvalue weighted by Gasteiger charge is -2.19. The van der Waals surface area contributed by atoms with Crippen molar-refractivity contribution in [2.75, 3.05) is 6.61 Å². The topological polar surface area (TPSA) is 99.6 Å². The van der Waals surface area contributed by atoms with Gasteiger partial charge in [0.05, 0.1) is 24.5 Å². The summed E-state index contributed by atoms with van der Waals surface area (Å²) in [6.45, 7) is 1.49. The molecule has 0 saturated carbocycles. The van der Waals surface area contributed by atoms with Crippen LogP contribution in [0.25, 0.3) is 0 Å². The molecule has 3 aromatic rings. The van der Waals surface area contributed by atoms with E-state index >= 15 is 0 Å². The van der Waals surface area contributed by atoms with Gasteiger partial charge in [0.1, 0.15) is 24.8 Å². The molecule has 8 nitrogen and oxygen atoms in total. The van der Waals surface area contributed by atoms with Crippen LogP contribution in [0.4, 0.5) is 8.78 Å². The molecular formula is C24H21ClF2N2O6. The van der Waals surface area contributed by atoms with Crippen LogP contribution in [0.3, 0.4) is 0 Å². The minimum Gasteiger partial charge on any atom is -0.459 e. The molecule has 1 fully saturated rings. The van der Waals surface area contributed by atoms with Crippen LogP contribution in [-0.4, -0.2) is 34.3 Å². The monoisotopic (exact) mass is 506 g/mol. The maximum absolute atomic E-state index is 14.2. The average Bonchev–Trinajstić information content (AvgIpc) is 3.22. The van der Waals surface area contributed by atoms with Crippen LogP contribution < -0.4 is 11.2 Å². The number of nitrogens with one attached hydrogen (secondary N) is 1. The summed E-state index contributed by atoms with van der Waals surface area (Å²) in [6.07, 6.45) is -1.83. The predicted octanol–water partition coefficient (Wildman–Crippen LogP) is 3.51. The zero-order chi connectivity index (χ0) is 25.1. The number of esters is 1. The molecule has 184 valence electrons. The average molecular weight is 507 g/mol. The second kappa shape index (κ2) is 10.5. The number of aromatic nitrogens is 2. The van der Waals surface area contributed by atoms with Crippen molar-refractivity contribution >= 4 is 17.6 Å². The van der Waals surface area contributed by atoms with Gasteiger partial charge in [-0.05, 0) is 31.2 Å². The second-order valence-electron chi connectivity index (χ2n) is 8.06. The lowest BCUT2D eigenvalue weighted by molar-refractivity contribution is -0.0711. The number of carbonyl (C=O) groups is 1. The van der Waals surface area contributed by atoms with Gasteiger partial charge in [-0.1, -0.05) is 35.4 Å². The van der Waals surface area contributed by atoms with Gasteiger partial charge < -0.3 is 14.2 Å². The molecule has 1 aliphatic rings. The number of aryl methyl sites for hydroxylation is 1. The first-order valence-corrected chi connectivity index (χ1v) is 11.0. The molecule has 1 N–H and O–H groups in total. The molecule has 2 heterocycles. The number of nitrogens with zero attached hydrogens (tertiary/aromatic N) is 1. The highest BCUT2D eigenvalue weighted by Gasteiger charge is 2.39. The quantitative estimate of drug-likeness (QED) is 0.492. The summed E-state index contributed by atoms with van der Waals surface area (Å²) in [5.74, 6) is -2.32. The Bertz CT molecular complexity index is 1340. The van der Waals surface area contributed by atoms with Gasteiger partial charge in [0.2, 0.25) is 5.82 Å². The van der Waals surface area contributed by atoms with Crippen LogP contribution >= 0.6 is 11.6 Å². The summed E-state index contributed by atoms with van der Waals surface area (Å²) in [6, 6.07) is 10.9. The zero-order valence-electron chi connectivity index (χ0n) is 18.5. The van der Waals surface area contributed by atoms with Crippen molar-refractivity contribution in [2.45, 2.75) is 38.4 Å². The third-order valence-electron chi connectivity index (χ3n) is 5.55. The molecule has 35 heavy (non-hydrogen) atoms. The molecule has 4 rings (SSSR count). The molecule has 0 radical (unpaired) electrons. The molecule has 0 aliphatic carbocycles. The van der Waals surface area contributed by atoms with Gasteiger partial charge in [0.25, 0.3) is 5.56 Å². The van der Waals surface area contributed by atoms with Gasteiger partial charge in [0, 0.05) is 17.0 Å². The Balaban J connectivity index is 1.51. The smallest absolute Gasteiger partial charge is 0.338 e. The van der Waals surface area contributed by atoms with Crippen molar-refractivity contribution < 1.29 is 27.8 Å². The highest BCUT2D eigenvalue weighted by Crippen LogP contribution is 2.31. The Hall–Kier alpha value is -3.34. The fraction of sp³-hybridized carbons (Fsp3) is 0.292. The van der Waals surface area contributed by atoms with Gasteiger partial charge in [-0.3, -0.25) is 14.3 Å². The molecule has 1 aromatic heterocycles. The van der Waals surface area contributed by atoms with E-state index in [4.69, 9.17) is 25.8 Å². The Morgan fingerprint density at radius 3 is 2.63 bits per heavy atom. The van der Waals surface area contributed by atoms with E-state index in [-0.39, 0.29) is 30.2 Å². The molecular weight excluding hydrogens is 486 g/mol. The van der Waals surface area contributed by atoms with Crippen molar-refractivity contribution in [2.24, 2.45) is 0 Å². The molecule has 0 bridgehead atoms. The first kappa shape index (κ1) is 24.8. The number of hydrogen-bond acceptors (Lipinski definition) is 6. The number of ether oxygens (including phenoxy) is 3. The van der Waals surface area contributed by atoms with E-state index in [1.807, 2.05) is 11.9 Å². The first-order chi connectivity index (χ1) is 16.7. The highest BCUT2D eigenvalue weighted by atomic mass is 35.5. The van der Waals surface area contributed by atoms with E-state index in [9.17, 15) is 23.2 Å². The Morgan fingerprint density at radius 1 is 1.17 bits per heavy atom. The number of rotatable bonds is 7. The van der Waals surface area contributed by atoms with Crippen molar-refractivity contribution in [3.05, 3.63) is 103 Å². The standard InChI is InChI=1S/C24H21ClF2N2O6/c1-13-2-4-14(5-3-13)23(31)34-12-20-19(33-11-15-6-7-16(25)8-17(15)26)9-21(35-20)29-10-18(27)22(30)28-24(29)32/h2-8,10,19-21H,9,11-12H2,1H3,(H,28,30,32)/t19?,20-,21-/m0/s1. The normalized spacial score (nSPS) is 19.6. The van der Waals surface area contributed by atoms with Crippen molar-refractivity contribution in [1.29, 1.82) is 0 Å². The minimum atomic E-state index is -1.16. The summed E-state index contributed by atoms with van der Waals surface area (Å²) in [5.41, 5.74) is -0.477. The van der Waals surface area contributed by atoms with E-state index in [0.717, 1.165) is 22.4 Å². The Kier molecular flexibility index (Phi) is 7.44. The van der Waals surface area contributed by atoms with Gasteiger partial charge in [-0.15, -0.1) is 0 Å². The predicted molar refractivity (Wildman–Crippen MR) is 121 cm³/mol. The molecule has 0 spiro atoms. The van der Waals surface area contributed by atoms with Crippen LogP contribution in [-0.2, 0) is 20.8 Å². The highest BCUT2D eigenvalue weighted by molar-refractivity contribution is 6.30. The minimum absolute atomic E-state index is 0.0490. The maximum atomic E-state index is 14.2. The summed E-state index contributed by atoms with van der Waals surface area (Å²) < 4.78 is 45.9. The lowest BCUT2D eigenvalue weighted by Crippen LogP contribution is -2.34. The van der Waals surface area contributed by atoms with Gasteiger partial charge >= 0.3 is 11.7 Å². The van der Waals surface area contributed by atoms with E-state index in [0.29, 0.717) is 5.56 Å². The maximum Gasteiger partial charge on any atom is 0.338 e. The molecule has 1 saturated heterocycles. The van der Waals surface area contributed by atoms with Crippen LogP contribution in [0, 0.1) is 18.6 Å². The molecule has 0 amide bonds. The molecule has 2 aromatic carbocycles. The second-order valence-corrected chi connectivity index (χ2v) is 8.49. The summed E-state index contributed by atoms with van der Waals surface area (Å²) >= 11 is 5.79. The number of aromatic amines is 1. The third kappa shape index (κ3) is 5.84. The third-order valence-corrected chi connectivity index (χ3v) is 5.78. The number of carbonyl (C=O) groups excluding carboxylic acids is 1. The van der Waals surface area contributed by atoms with Gasteiger partial charge in [0.15, 0.2) is 0 Å². The van der Waals surface area contributed by atoms with Crippen molar-refractivity contribution in [3.8, 4) is 0 Å². The fourth-order valence-corrected chi connectivity index (χ4v) is 3.80. The van der Waals surface area contributed by atoms with Crippen LogP contribution in [0.1, 0.15) is 34.1 Å². The lowest BCUT2D eigenvalue weighted by atomic mass is 10.1.